The van der Waals surface area contributed by atoms with Crippen molar-refractivity contribution in [3.8, 4) is 0 Å². The normalized spacial score (nSPS) is 33.1. The Hall–Kier alpha value is -1.84. The lowest BCUT2D eigenvalue weighted by Crippen LogP contribution is -2.53. The lowest BCUT2D eigenvalue weighted by Gasteiger charge is -2.55. The summed E-state index contributed by atoms with van der Waals surface area (Å²) in [7, 11) is 0. The predicted octanol–water partition coefficient (Wildman–Crippen LogP) is 3.52. The van der Waals surface area contributed by atoms with Gasteiger partial charge in [-0.05, 0) is 74.8 Å². The van der Waals surface area contributed by atoms with Crippen molar-refractivity contribution in [2.75, 3.05) is 6.54 Å². The average molecular weight is 337 g/mol. The number of rotatable bonds is 4. The van der Waals surface area contributed by atoms with Gasteiger partial charge in [0, 0.05) is 30.8 Å². The minimum absolute atomic E-state index is 0.0369. The highest BCUT2D eigenvalue weighted by atomic mass is 16.2. The topological polar surface area (TPSA) is 46.4 Å². The SMILES string of the molecule is Cc1ccc2nc(CCNC(=O)C34CC5CC(CC(C5)C3)C4)cn2c1. The number of fused-ring (bicyclic) bond motifs is 1. The highest BCUT2D eigenvalue weighted by molar-refractivity contribution is 5.83. The number of pyridine rings is 1. The molecule has 0 atom stereocenters. The molecule has 0 saturated heterocycles. The molecule has 4 aliphatic rings. The molecule has 0 spiro atoms. The third kappa shape index (κ3) is 2.66. The van der Waals surface area contributed by atoms with E-state index in [9.17, 15) is 4.79 Å². The fraction of sp³-hybridized carbons (Fsp3) is 0.619. The maximum absolute atomic E-state index is 13.0. The molecule has 4 fully saturated rings. The summed E-state index contributed by atoms with van der Waals surface area (Å²) in [4.78, 5) is 17.6. The smallest absolute Gasteiger partial charge is 0.226 e. The van der Waals surface area contributed by atoms with Crippen LogP contribution in [0.5, 0.6) is 0 Å². The number of nitrogens with zero attached hydrogens (tertiary/aromatic N) is 2. The molecule has 1 N–H and O–H groups in total. The lowest BCUT2D eigenvalue weighted by atomic mass is 9.49. The number of hydrogen-bond donors (Lipinski definition) is 1. The predicted molar refractivity (Wildman–Crippen MR) is 97.2 cm³/mol. The molecular formula is C21H27N3O. The number of aromatic nitrogens is 2. The zero-order valence-electron chi connectivity index (χ0n) is 15.0. The summed E-state index contributed by atoms with van der Waals surface area (Å²) in [6, 6.07) is 4.13. The van der Waals surface area contributed by atoms with Crippen molar-refractivity contribution in [2.24, 2.45) is 23.2 Å². The fourth-order valence-corrected chi connectivity index (χ4v) is 6.16. The van der Waals surface area contributed by atoms with Crippen LogP contribution in [0.25, 0.3) is 5.65 Å². The lowest BCUT2D eigenvalue weighted by molar-refractivity contribution is -0.146. The molecule has 4 nitrogen and oxygen atoms in total. The van der Waals surface area contributed by atoms with Gasteiger partial charge in [0.15, 0.2) is 0 Å². The Morgan fingerprint density at radius 3 is 2.52 bits per heavy atom. The van der Waals surface area contributed by atoms with E-state index in [1.54, 1.807) is 0 Å². The van der Waals surface area contributed by atoms with Gasteiger partial charge in [-0.3, -0.25) is 4.79 Å². The Morgan fingerprint density at radius 2 is 1.84 bits per heavy atom. The van der Waals surface area contributed by atoms with Crippen LogP contribution in [0.1, 0.15) is 49.8 Å². The number of nitrogens with one attached hydrogen (secondary N) is 1. The maximum Gasteiger partial charge on any atom is 0.226 e. The van der Waals surface area contributed by atoms with E-state index < -0.39 is 0 Å². The van der Waals surface area contributed by atoms with Crippen LogP contribution in [-0.2, 0) is 11.2 Å². The van der Waals surface area contributed by atoms with Crippen molar-refractivity contribution < 1.29 is 4.79 Å². The van der Waals surface area contributed by atoms with Gasteiger partial charge in [-0.25, -0.2) is 4.98 Å². The van der Waals surface area contributed by atoms with Crippen molar-refractivity contribution in [1.82, 2.24) is 14.7 Å². The molecule has 0 aliphatic heterocycles. The Balaban J connectivity index is 1.23. The second kappa shape index (κ2) is 5.58. The molecule has 2 aromatic heterocycles. The summed E-state index contributed by atoms with van der Waals surface area (Å²) in [5, 5.41) is 3.26. The monoisotopic (exact) mass is 337 g/mol. The van der Waals surface area contributed by atoms with Crippen LogP contribution < -0.4 is 5.32 Å². The van der Waals surface area contributed by atoms with Crippen molar-refractivity contribution in [3.63, 3.8) is 0 Å². The molecule has 6 rings (SSSR count). The first-order valence-electron chi connectivity index (χ1n) is 9.82. The van der Waals surface area contributed by atoms with E-state index in [0.717, 1.165) is 54.8 Å². The third-order valence-electron chi connectivity index (χ3n) is 6.84. The standard InChI is InChI=1S/C21H27N3O/c1-14-2-3-19-23-18(13-24(19)12-14)4-5-22-20(25)21-9-15-6-16(10-21)8-17(7-15)11-21/h2-3,12-13,15-17H,4-11H2,1H3,(H,22,25). The Labute approximate surface area is 149 Å². The van der Waals surface area contributed by atoms with E-state index in [-0.39, 0.29) is 5.41 Å². The molecular weight excluding hydrogens is 310 g/mol. The number of imidazole rings is 1. The molecule has 0 unspecified atom stereocenters. The van der Waals surface area contributed by atoms with Gasteiger partial charge in [0.25, 0.3) is 0 Å². The maximum atomic E-state index is 13.0. The molecule has 4 saturated carbocycles. The van der Waals surface area contributed by atoms with Crippen molar-refractivity contribution >= 4 is 11.6 Å². The van der Waals surface area contributed by atoms with Gasteiger partial charge in [-0.1, -0.05) is 6.07 Å². The van der Waals surface area contributed by atoms with Crippen LogP contribution >= 0.6 is 0 Å². The van der Waals surface area contributed by atoms with Gasteiger partial charge in [-0.2, -0.15) is 0 Å². The van der Waals surface area contributed by atoms with E-state index in [2.05, 4.69) is 40.1 Å². The number of carbonyl (C=O) groups is 1. The van der Waals surface area contributed by atoms with Gasteiger partial charge < -0.3 is 9.72 Å². The number of hydrogen-bond acceptors (Lipinski definition) is 2. The van der Waals surface area contributed by atoms with E-state index in [1.165, 1.54) is 24.8 Å². The van der Waals surface area contributed by atoms with Gasteiger partial charge in [0.1, 0.15) is 5.65 Å². The van der Waals surface area contributed by atoms with Gasteiger partial charge in [0.2, 0.25) is 5.91 Å². The third-order valence-corrected chi connectivity index (χ3v) is 6.84. The van der Waals surface area contributed by atoms with E-state index in [4.69, 9.17) is 0 Å². The first-order chi connectivity index (χ1) is 12.1. The molecule has 4 aliphatic carbocycles. The minimum atomic E-state index is -0.0369. The van der Waals surface area contributed by atoms with Gasteiger partial charge in [-0.15, -0.1) is 0 Å². The molecule has 25 heavy (non-hydrogen) atoms. The van der Waals surface area contributed by atoms with Crippen LogP contribution in [-0.4, -0.2) is 21.8 Å². The van der Waals surface area contributed by atoms with Crippen LogP contribution in [0.3, 0.4) is 0 Å². The summed E-state index contributed by atoms with van der Waals surface area (Å²) >= 11 is 0. The minimum Gasteiger partial charge on any atom is -0.355 e. The van der Waals surface area contributed by atoms with Crippen molar-refractivity contribution in [3.05, 3.63) is 35.8 Å². The highest BCUT2D eigenvalue weighted by Crippen LogP contribution is 2.60. The van der Waals surface area contributed by atoms with Gasteiger partial charge in [0.05, 0.1) is 5.69 Å². The quantitative estimate of drug-likeness (QED) is 0.928. The molecule has 4 heteroatoms. The summed E-state index contributed by atoms with van der Waals surface area (Å²) in [6.45, 7) is 2.79. The summed E-state index contributed by atoms with van der Waals surface area (Å²) in [5.41, 5.74) is 3.22. The average Bonchev–Trinajstić information content (AvgIpc) is 2.95. The first kappa shape index (κ1) is 15.4. The second-order valence-corrected chi connectivity index (χ2v) is 8.91. The molecule has 1 amide bonds. The number of amides is 1. The molecule has 2 aromatic rings. The van der Waals surface area contributed by atoms with Crippen molar-refractivity contribution in [1.29, 1.82) is 0 Å². The number of aryl methyl sites for hydroxylation is 1. The molecule has 132 valence electrons. The van der Waals surface area contributed by atoms with Gasteiger partial charge >= 0.3 is 0 Å². The van der Waals surface area contributed by atoms with Crippen LogP contribution in [0, 0.1) is 30.1 Å². The fourth-order valence-electron chi connectivity index (χ4n) is 6.16. The molecule has 0 aromatic carbocycles. The zero-order chi connectivity index (χ0) is 17.0. The largest absolute Gasteiger partial charge is 0.355 e. The van der Waals surface area contributed by atoms with Crippen LogP contribution in [0.2, 0.25) is 0 Å². The van der Waals surface area contributed by atoms with Crippen LogP contribution in [0.4, 0.5) is 0 Å². The molecule has 0 radical (unpaired) electrons. The van der Waals surface area contributed by atoms with E-state index >= 15 is 0 Å². The van der Waals surface area contributed by atoms with Crippen molar-refractivity contribution in [2.45, 2.75) is 51.9 Å². The van der Waals surface area contributed by atoms with E-state index in [1.807, 2.05) is 6.07 Å². The molecule has 4 bridgehead atoms. The van der Waals surface area contributed by atoms with Crippen LogP contribution in [0.15, 0.2) is 24.5 Å². The molecule has 2 heterocycles. The number of carbonyl (C=O) groups excluding carboxylic acids is 1. The second-order valence-electron chi connectivity index (χ2n) is 8.91. The van der Waals surface area contributed by atoms with E-state index in [0.29, 0.717) is 12.5 Å². The summed E-state index contributed by atoms with van der Waals surface area (Å²) in [6.07, 6.45) is 12.5. The Kier molecular flexibility index (Phi) is 3.44. The summed E-state index contributed by atoms with van der Waals surface area (Å²) in [5.74, 6) is 2.78. The highest BCUT2D eigenvalue weighted by Gasteiger charge is 2.54. The zero-order valence-corrected chi connectivity index (χ0v) is 15.0. The Bertz CT molecular complexity index is 786. The summed E-state index contributed by atoms with van der Waals surface area (Å²) < 4.78 is 2.07. The first-order valence-corrected chi connectivity index (χ1v) is 9.82. The Morgan fingerprint density at radius 1 is 1.16 bits per heavy atom.